The summed E-state index contributed by atoms with van der Waals surface area (Å²) in [6.45, 7) is 1.09. The molecule has 194 valence electrons. The summed E-state index contributed by atoms with van der Waals surface area (Å²) in [5.41, 5.74) is 8.90. The van der Waals surface area contributed by atoms with Crippen molar-refractivity contribution >= 4 is 15.7 Å². The third-order valence-electron chi connectivity index (χ3n) is 6.91. The number of sulfone groups is 1. The van der Waals surface area contributed by atoms with Crippen molar-refractivity contribution in [3.05, 3.63) is 72.3 Å². The normalized spacial score (nSPS) is 16.3. The van der Waals surface area contributed by atoms with Crippen LogP contribution in [0.3, 0.4) is 0 Å². The van der Waals surface area contributed by atoms with Crippen LogP contribution in [0.1, 0.15) is 24.8 Å². The summed E-state index contributed by atoms with van der Waals surface area (Å²) in [7, 11) is -3.96. The van der Waals surface area contributed by atoms with Gasteiger partial charge >= 0.3 is 0 Å². The largest absolute Gasteiger partial charge is 0.494 e. The molecule has 2 aliphatic rings. The fourth-order valence-electron chi connectivity index (χ4n) is 4.74. The van der Waals surface area contributed by atoms with Gasteiger partial charge in [-0.25, -0.2) is 8.42 Å². The highest BCUT2D eigenvalue weighted by atomic mass is 32.2. The van der Waals surface area contributed by atoms with Crippen molar-refractivity contribution in [1.82, 2.24) is 0 Å². The molecule has 0 atom stereocenters. The zero-order valence-electron chi connectivity index (χ0n) is 20.4. The fraction of sp³-hybridized carbons (Fsp3) is 0.321. The van der Waals surface area contributed by atoms with Gasteiger partial charge in [-0.2, -0.15) is 0 Å². The van der Waals surface area contributed by atoms with Crippen LogP contribution in [-0.2, 0) is 25.8 Å². The molecule has 9 heteroatoms. The van der Waals surface area contributed by atoms with Crippen LogP contribution in [0.5, 0.6) is 17.2 Å². The second kappa shape index (κ2) is 10.4. The molecule has 5 rings (SSSR count). The van der Waals surface area contributed by atoms with Crippen molar-refractivity contribution in [2.45, 2.75) is 35.3 Å². The summed E-state index contributed by atoms with van der Waals surface area (Å²) >= 11 is 0. The molecule has 1 amide bonds. The Kier molecular flexibility index (Phi) is 7.08. The first-order chi connectivity index (χ1) is 17.9. The molecule has 0 unspecified atom stereocenters. The van der Waals surface area contributed by atoms with Crippen LogP contribution in [0.25, 0.3) is 11.1 Å². The summed E-state index contributed by atoms with van der Waals surface area (Å²) in [5, 5.41) is 0. The van der Waals surface area contributed by atoms with E-state index < -0.39 is 20.5 Å². The summed E-state index contributed by atoms with van der Waals surface area (Å²) in [6.07, 6.45) is 1.72. The quantitative estimate of drug-likeness (QED) is 0.423. The summed E-state index contributed by atoms with van der Waals surface area (Å²) in [6, 6.07) is 20.4. The van der Waals surface area contributed by atoms with Gasteiger partial charge in [-0.3, -0.25) is 4.79 Å². The van der Waals surface area contributed by atoms with E-state index in [1.165, 1.54) is 17.7 Å². The number of aryl methyl sites for hydroxylation is 1. The zero-order valence-corrected chi connectivity index (χ0v) is 21.2. The highest BCUT2D eigenvalue weighted by Crippen LogP contribution is 2.37. The van der Waals surface area contributed by atoms with Gasteiger partial charge < -0.3 is 24.7 Å². The number of carbonyl (C=O) groups excluding carboxylic acids is 1. The lowest BCUT2D eigenvalue weighted by Crippen LogP contribution is -2.53. The van der Waals surface area contributed by atoms with Gasteiger partial charge in [0.2, 0.25) is 12.7 Å². The Balaban J connectivity index is 1.17. The summed E-state index contributed by atoms with van der Waals surface area (Å²) < 4.78 is 46.8. The van der Waals surface area contributed by atoms with E-state index in [0.29, 0.717) is 12.4 Å². The van der Waals surface area contributed by atoms with Gasteiger partial charge in [-0.1, -0.05) is 30.3 Å². The van der Waals surface area contributed by atoms with Crippen LogP contribution in [0.15, 0.2) is 71.6 Å². The van der Waals surface area contributed by atoms with Crippen molar-refractivity contribution in [3.8, 4) is 28.4 Å². The minimum atomic E-state index is -3.96. The lowest BCUT2D eigenvalue weighted by Gasteiger charge is -2.33. The Hall–Kier alpha value is -3.56. The first-order valence-corrected chi connectivity index (χ1v) is 13.7. The average molecular weight is 524 g/mol. The highest BCUT2D eigenvalue weighted by molar-refractivity contribution is 7.93. The van der Waals surface area contributed by atoms with E-state index in [0.717, 1.165) is 35.5 Å². The second-order valence-corrected chi connectivity index (χ2v) is 11.4. The molecule has 0 saturated carbocycles. The van der Waals surface area contributed by atoms with Crippen molar-refractivity contribution in [3.63, 3.8) is 0 Å². The minimum Gasteiger partial charge on any atom is -0.494 e. The van der Waals surface area contributed by atoms with E-state index in [9.17, 15) is 13.2 Å². The van der Waals surface area contributed by atoms with Crippen LogP contribution in [0, 0.1) is 0 Å². The molecule has 37 heavy (non-hydrogen) atoms. The molecule has 2 N–H and O–H groups in total. The Morgan fingerprint density at radius 1 is 0.919 bits per heavy atom. The first kappa shape index (κ1) is 25.1. The zero-order chi connectivity index (χ0) is 25.9. The van der Waals surface area contributed by atoms with Gasteiger partial charge in [0, 0.05) is 13.2 Å². The Bertz CT molecular complexity index is 1380. The van der Waals surface area contributed by atoms with Crippen LogP contribution >= 0.6 is 0 Å². The van der Waals surface area contributed by atoms with Gasteiger partial charge in [0.05, 0.1) is 11.5 Å². The number of nitrogens with two attached hydrogens (primary N) is 1. The van der Waals surface area contributed by atoms with E-state index >= 15 is 0 Å². The number of carbonyl (C=O) groups is 1. The molecule has 1 saturated heterocycles. The maximum absolute atomic E-state index is 13.3. The van der Waals surface area contributed by atoms with Crippen molar-refractivity contribution in [2.24, 2.45) is 5.73 Å². The van der Waals surface area contributed by atoms with E-state index in [-0.39, 0.29) is 37.7 Å². The van der Waals surface area contributed by atoms with Crippen LogP contribution in [0.4, 0.5) is 0 Å². The first-order valence-electron chi connectivity index (χ1n) is 12.2. The predicted molar refractivity (Wildman–Crippen MR) is 137 cm³/mol. The van der Waals surface area contributed by atoms with Gasteiger partial charge in [-0.05, 0) is 78.8 Å². The Labute approximate surface area is 216 Å². The van der Waals surface area contributed by atoms with Gasteiger partial charge in [0.15, 0.2) is 26.1 Å². The number of rotatable bonds is 9. The number of hydrogen-bond donors (Lipinski definition) is 1. The van der Waals surface area contributed by atoms with E-state index in [4.69, 9.17) is 24.7 Å². The smallest absolute Gasteiger partial charge is 0.239 e. The van der Waals surface area contributed by atoms with Crippen molar-refractivity contribution < 1.29 is 32.2 Å². The number of hydrogen-bond acceptors (Lipinski definition) is 7. The van der Waals surface area contributed by atoms with E-state index in [1.54, 1.807) is 12.1 Å². The number of fused-ring (bicyclic) bond motifs is 1. The summed E-state index contributed by atoms with van der Waals surface area (Å²) in [4.78, 5) is 12.2. The molecule has 0 radical (unpaired) electrons. The molecule has 2 aliphatic heterocycles. The molecule has 0 aromatic heterocycles. The van der Waals surface area contributed by atoms with E-state index in [2.05, 4.69) is 18.2 Å². The Morgan fingerprint density at radius 2 is 1.65 bits per heavy atom. The van der Waals surface area contributed by atoms with Gasteiger partial charge in [-0.15, -0.1) is 0 Å². The summed E-state index contributed by atoms with van der Waals surface area (Å²) in [5.74, 6) is 1.25. The molecule has 8 nitrogen and oxygen atoms in total. The Morgan fingerprint density at radius 3 is 2.41 bits per heavy atom. The highest BCUT2D eigenvalue weighted by Gasteiger charge is 2.51. The average Bonchev–Trinajstić information content (AvgIpc) is 3.40. The minimum absolute atomic E-state index is 0.0543. The molecular weight excluding hydrogens is 494 g/mol. The molecule has 2 heterocycles. The van der Waals surface area contributed by atoms with Crippen molar-refractivity contribution in [2.75, 3.05) is 26.6 Å². The number of benzene rings is 3. The molecule has 0 aliphatic carbocycles. The standard InChI is InChI=1S/C28H29NO7S/c29-27(30)28(12-15-33-16-13-28)37(31,32)24-9-7-23(8-10-24)34-14-2-4-20-3-1-5-21(17-20)22-6-11-25-26(18-22)36-19-35-25/h1,3,5-11,17-18H,2,4,12-16,19H2,(H2,29,30). The van der Waals surface area contributed by atoms with Crippen molar-refractivity contribution in [1.29, 1.82) is 0 Å². The third kappa shape index (κ3) is 5.01. The monoisotopic (exact) mass is 523 g/mol. The van der Waals surface area contributed by atoms with Crippen LogP contribution in [0.2, 0.25) is 0 Å². The van der Waals surface area contributed by atoms with Crippen LogP contribution < -0.4 is 19.9 Å². The van der Waals surface area contributed by atoms with E-state index in [1.807, 2.05) is 24.3 Å². The lowest BCUT2D eigenvalue weighted by atomic mass is 9.98. The number of ether oxygens (including phenoxy) is 4. The molecule has 0 bridgehead atoms. The fourth-order valence-corrected chi connectivity index (χ4v) is 6.65. The predicted octanol–water partition coefficient (Wildman–Crippen LogP) is 3.90. The number of amides is 1. The maximum atomic E-state index is 13.3. The molecule has 3 aromatic rings. The van der Waals surface area contributed by atoms with Gasteiger partial charge in [0.25, 0.3) is 0 Å². The molecule has 1 fully saturated rings. The van der Waals surface area contributed by atoms with Gasteiger partial charge in [0.1, 0.15) is 5.75 Å². The maximum Gasteiger partial charge on any atom is 0.239 e. The second-order valence-electron chi connectivity index (χ2n) is 9.17. The molecule has 3 aromatic carbocycles. The van der Waals surface area contributed by atoms with Crippen LogP contribution in [-0.4, -0.2) is 45.7 Å². The topological polar surface area (TPSA) is 114 Å². The third-order valence-corrected chi connectivity index (χ3v) is 9.44. The lowest BCUT2D eigenvalue weighted by molar-refractivity contribution is -0.122. The molecular formula is C28H29NO7S. The number of primary amides is 1. The SMILES string of the molecule is NC(=O)C1(S(=O)(=O)c2ccc(OCCCc3cccc(-c4ccc5c(c4)OCO5)c3)cc2)CCOCC1. The molecule has 0 spiro atoms.